The number of H-pyrrole nitrogens is 1. The van der Waals surface area contributed by atoms with Gasteiger partial charge in [0.05, 0.1) is 12.2 Å². The first-order valence-electron chi connectivity index (χ1n) is 6.23. The Kier molecular flexibility index (Phi) is 4.00. The van der Waals surface area contributed by atoms with Crippen LogP contribution in [0.2, 0.25) is 0 Å². The van der Waals surface area contributed by atoms with E-state index in [1.165, 1.54) is 12.1 Å². The van der Waals surface area contributed by atoms with Gasteiger partial charge in [0.25, 0.3) is 5.91 Å². The summed E-state index contributed by atoms with van der Waals surface area (Å²) in [5, 5.41) is 11.9. The zero-order valence-corrected chi connectivity index (χ0v) is 11.4. The van der Waals surface area contributed by atoms with Crippen LogP contribution in [0.1, 0.15) is 27.2 Å². The van der Waals surface area contributed by atoms with Crippen LogP contribution in [0.25, 0.3) is 0 Å². The Balaban J connectivity index is 2.29. The molecule has 1 aromatic heterocycles. The number of aromatic amines is 1. The standard InChI is InChI=1S/C15H16N2O3/c1-9-3-4-11(8-18)7-13(9)17-15(20)12-5-6-14(19)16-10(12)2/h3-7,18H,8H2,1-2H3,(H,16,19)(H,17,20). The van der Waals surface area contributed by atoms with E-state index in [0.29, 0.717) is 16.9 Å². The number of anilines is 1. The Hall–Kier alpha value is -2.40. The van der Waals surface area contributed by atoms with E-state index in [0.717, 1.165) is 11.1 Å². The van der Waals surface area contributed by atoms with Crippen LogP contribution >= 0.6 is 0 Å². The Bertz CT molecular complexity index is 705. The molecule has 1 aromatic carbocycles. The molecule has 5 heteroatoms. The number of carbonyl (C=O) groups excluding carboxylic acids is 1. The van der Waals surface area contributed by atoms with Crippen molar-refractivity contribution >= 4 is 11.6 Å². The van der Waals surface area contributed by atoms with Crippen LogP contribution in [0.4, 0.5) is 5.69 Å². The van der Waals surface area contributed by atoms with Crippen molar-refractivity contribution in [3.05, 3.63) is 63.1 Å². The normalized spacial score (nSPS) is 10.3. The number of pyridine rings is 1. The summed E-state index contributed by atoms with van der Waals surface area (Å²) < 4.78 is 0. The molecule has 0 aliphatic heterocycles. The molecule has 0 aliphatic rings. The van der Waals surface area contributed by atoms with Crippen molar-refractivity contribution in [2.45, 2.75) is 20.5 Å². The molecule has 0 radical (unpaired) electrons. The second-order valence-electron chi connectivity index (χ2n) is 4.62. The zero-order chi connectivity index (χ0) is 14.7. The largest absolute Gasteiger partial charge is 0.392 e. The fourth-order valence-corrected chi connectivity index (χ4v) is 1.92. The average Bonchev–Trinajstić information content (AvgIpc) is 2.41. The smallest absolute Gasteiger partial charge is 0.257 e. The van der Waals surface area contributed by atoms with Crippen molar-refractivity contribution in [3.8, 4) is 0 Å². The number of aromatic nitrogens is 1. The van der Waals surface area contributed by atoms with Crippen LogP contribution in [0.15, 0.2) is 35.1 Å². The van der Waals surface area contributed by atoms with Crippen LogP contribution < -0.4 is 10.9 Å². The first kappa shape index (κ1) is 14.0. The molecule has 1 heterocycles. The van der Waals surface area contributed by atoms with Crippen molar-refractivity contribution in [1.29, 1.82) is 0 Å². The highest BCUT2D eigenvalue weighted by atomic mass is 16.3. The van der Waals surface area contributed by atoms with Crippen molar-refractivity contribution in [2.75, 3.05) is 5.32 Å². The van der Waals surface area contributed by atoms with Gasteiger partial charge in [-0.3, -0.25) is 9.59 Å². The predicted octanol–water partition coefficient (Wildman–Crippen LogP) is 1.74. The summed E-state index contributed by atoms with van der Waals surface area (Å²) in [6, 6.07) is 8.18. The SMILES string of the molecule is Cc1ccc(CO)cc1NC(=O)c1ccc(=O)[nH]c1C. The minimum absolute atomic E-state index is 0.0825. The van der Waals surface area contributed by atoms with Crippen LogP contribution in [0.3, 0.4) is 0 Å². The number of rotatable bonds is 3. The van der Waals surface area contributed by atoms with Gasteiger partial charge in [-0.05, 0) is 37.1 Å². The number of benzene rings is 1. The molecule has 0 bridgehead atoms. The van der Waals surface area contributed by atoms with E-state index < -0.39 is 0 Å². The molecule has 3 N–H and O–H groups in total. The van der Waals surface area contributed by atoms with Crippen LogP contribution in [-0.2, 0) is 6.61 Å². The van der Waals surface area contributed by atoms with Gasteiger partial charge in [-0.2, -0.15) is 0 Å². The van der Waals surface area contributed by atoms with Crippen molar-refractivity contribution in [3.63, 3.8) is 0 Å². The number of carbonyl (C=O) groups is 1. The molecule has 1 amide bonds. The molecule has 0 aliphatic carbocycles. The molecule has 0 saturated heterocycles. The van der Waals surface area contributed by atoms with Gasteiger partial charge in [0.2, 0.25) is 5.56 Å². The molecule has 5 nitrogen and oxygen atoms in total. The van der Waals surface area contributed by atoms with Gasteiger partial charge < -0.3 is 15.4 Å². The highest BCUT2D eigenvalue weighted by Crippen LogP contribution is 2.18. The maximum absolute atomic E-state index is 12.2. The summed E-state index contributed by atoms with van der Waals surface area (Å²) in [6.07, 6.45) is 0. The van der Waals surface area contributed by atoms with Gasteiger partial charge in [0.1, 0.15) is 0 Å². The zero-order valence-electron chi connectivity index (χ0n) is 11.4. The van der Waals surface area contributed by atoms with Gasteiger partial charge in [-0.25, -0.2) is 0 Å². The summed E-state index contributed by atoms with van der Waals surface area (Å²) in [5.74, 6) is -0.295. The molecule has 0 atom stereocenters. The first-order valence-corrected chi connectivity index (χ1v) is 6.23. The molecule has 0 fully saturated rings. The summed E-state index contributed by atoms with van der Waals surface area (Å²) in [4.78, 5) is 25.9. The number of hydrogen-bond acceptors (Lipinski definition) is 3. The van der Waals surface area contributed by atoms with Crippen molar-refractivity contribution < 1.29 is 9.90 Å². The minimum Gasteiger partial charge on any atom is -0.392 e. The van der Waals surface area contributed by atoms with Crippen LogP contribution in [-0.4, -0.2) is 16.0 Å². The van der Waals surface area contributed by atoms with Gasteiger partial charge in [-0.1, -0.05) is 12.1 Å². The Morgan fingerprint density at radius 2 is 2.00 bits per heavy atom. The first-order chi connectivity index (χ1) is 9.51. The number of aliphatic hydroxyl groups is 1. The minimum atomic E-state index is -0.295. The number of nitrogens with one attached hydrogen (secondary N) is 2. The molecule has 104 valence electrons. The number of amides is 1. The van der Waals surface area contributed by atoms with Crippen LogP contribution in [0.5, 0.6) is 0 Å². The fraction of sp³-hybridized carbons (Fsp3) is 0.200. The topological polar surface area (TPSA) is 82.2 Å². The lowest BCUT2D eigenvalue weighted by molar-refractivity contribution is 0.102. The third-order valence-corrected chi connectivity index (χ3v) is 3.09. The van der Waals surface area contributed by atoms with E-state index in [2.05, 4.69) is 10.3 Å². The number of hydrogen-bond donors (Lipinski definition) is 3. The number of aliphatic hydroxyl groups excluding tert-OH is 1. The number of aryl methyl sites for hydroxylation is 2. The monoisotopic (exact) mass is 272 g/mol. The van der Waals surface area contributed by atoms with E-state index in [1.54, 1.807) is 19.1 Å². The van der Waals surface area contributed by atoms with Gasteiger partial charge in [-0.15, -0.1) is 0 Å². The molecule has 0 unspecified atom stereocenters. The lowest BCUT2D eigenvalue weighted by Crippen LogP contribution is -2.18. The molecule has 2 rings (SSSR count). The quantitative estimate of drug-likeness (QED) is 0.796. The molecule has 0 saturated carbocycles. The maximum atomic E-state index is 12.2. The third-order valence-electron chi connectivity index (χ3n) is 3.09. The van der Waals surface area contributed by atoms with Crippen LogP contribution in [0, 0.1) is 13.8 Å². The molecular formula is C15H16N2O3. The fourth-order valence-electron chi connectivity index (χ4n) is 1.92. The van der Waals surface area contributed by atoms with E-state index in [4.69, 9.17) is 5.11 Å². The molecular weight excluding hydrogens is 256 g/mol. The predicted molar refractivity (Wildman–Crippen MR) is 76.9 cm³/mol. The van der Waals surface area contributed by atoms with Crippen molar-refractivity contribution in [2.24, 2.45) is 0 Å². The molecule has 2 aromatic rings. The highest BCUT2D eigenvalue weighted by Gasteiger charge is 2.11. The third kappa shape index (κ3) is 2.95. The highest BCUT2D eigenvalue weighted by molar-refractivity contribution is 6.05. The van der Waals surface area contributed by atoms with E-state index >= 15 is 0 Å². The second kappa shape index (κ2) is 5.71. The Labute approximate surface area is 116 Å². The second-order valence-corrected chi connectivity index (χ2v) is 4.62. The van der Waals surface area contributed by atoms with E-state index in [-0.39, 0.29) is 18.1 Å². The molecule has 0 spiro atoms. The van der Waals surface area contributed by atoms with Gasteiger partial charge >= 0.3 is 0 Å². The Morgan fingerprint density at radius 1 is 1.25 bits per heavy atom. The Morgan fingerprint density at radius 3 is 2.65 bits per heavy atom. The summed E-state index contributed by atoms with van der Waals surface area (Å²) in [7, 11) is 0. The lowest BCUT2D eigenvalue weighted by atomic mass is 10.1. The van der Waals surface area contributed by atoms with Gasteiger partial charge in [0.15, 0.2) is 0 Å². The van der Waals surface area contributed by atoms with Crippen molar-refractivity contribution in [1.82, 2.24) is 4.98 Å². The summed E-state index contributed by atoms with van der Waals surface area (Å²) >= 11 is 0. The average molecular weight is 272 g/mol. The molecule has 20 heavy (non-hydrogen) atoms. The van der Waals surface area contributed by atoms with E-state index in [1.807, 2.05) is 13.0 Å². The van der Waals surface area contributed by atoms with Gasteiger partial charge in [0, 0.05) is 17.4 Å². The summed E-state index contributed by atoms with van der Waals surface area (Å²) in [5.41, 5.74) is 2.97. The van der Waals surface area contributed by atoms with E-state index in [9.17, 15) is 9.59 Å². The maximum Gasteiger partial charge on any atom is 0.257 e. The summed E-state index contributed by atoms with van der Waals surface area (Å²) in [6.45, 7) is 3.46. The lowest BCUT2D eigenvalue weighted by Gasteiger charge is -2.11.